The van der Waals surface area contributed by atoms with Crippen molar-refractivity contribution >= 4 is 15.7 Å². The third kappa shape index (κ3) is 5.07. The lowest BCUT2D eigenvalue weighted by Crippen LogP contribution is -2.57. The molecule has 2 aliphatic rings. The molecule has 0 unspecified atom stereocenters. The Balaban J connectivity index is 1.40. The van der Waals surface area contributed by atoms with E-state index in [1.807, 2.05) is 42.5 Å². The van der Waals surface area contributed by atoms with Crippen LogP contribution in [0, 0.1) is 6.92 Å². The van der Waals surface area contributed by atoms with Crippen LogP contribution >= 0.6 is 0 Å². The van der Waals surface area contributed by atoms with Crippen molar-refractivity contribution in [1.29, 1.82) is 0 Å². The summed E-state index contributed by atoms with van der Waals surface area (Å²) in [5.74, 6) is 0.622. The van der Waals surface area contributed by atoms with Crippen molar-refractivity contribution in [1.82, 2.24) is 4.90 Å². The van der Waals surface area contributed by atoms with Crippen molar-refractivity contribution < 1.29 is 18.3 Å². The number of rotatable bonds is 7. The van der Waals surface area contributed by atoms with Gasteiger partial charge < -0.3 is 9.84 Å². The first-order valence-electron chi connectivity index (χ1n) is 13.6. The van der Waals surface area contributed by atoms with Crippen LogP contribution in [0.3, 0.4) is 0 Å². The minimum atomic E-state index is -3.78. The Kier molecular flexibility index (Phi) is 7.80. The number of para-hydroxylation sites is 1. The Morgan fingerprint density at radius 2 is 1.55 bits per heavy atom. The largest absolute Gasteiger partial charge is 0.497 e. The maximum Gasteiger partial charge on any atom is 0.264 e. The van der Waals surface area contributed by atoms with Gasteiger partial charge in [-0.1, -0.05) is 55.3 Å². The average Bonchev–Trinajstić information content (AvgIpc) is 2.94. The maximum absolute atomic E-state index is 14.0. The number of ether oxygens (including phenoxy) is 1. The Labute approximate surface area is 226 Å². The molecule has 0 spiro atoms. The van der Waals surface area contributed by atoms with Gasteiger partial charge in [-0.15, -0.1) is 0 Å². The fourth-order valence-corrected chi connectivity index (χ4v) is 8.12. The molecule has 5 rings (SSSR count). The van der Waals surface area contributed by atoms with Crippen LogP contribution in [0.4, 0.5) is 5.69 Å². The SMILES string of the molecule is COc1ccc(S(=O)(=O)N(c2ccccc2)C2CCN([C@@H]3CCCC[C@]3(O)c3ccccc3C)CC2)cc1. The first kappa shape index (κ1) is 26.7. The molecule has 1 aliphatic heterocycles. The molecule has 3 aromatic rings. The average molecular weight is 535 g/mol. The lowest BCUT2D eigenvalue weighted by molar-refractivity contribution is -0.0852. The van der Waals surface area contributed by atoms with Crippen molar-refractivity contribution in [3.63, 3.8) is 0 Å². The Bertz CT molecular complexity index is 1320. The van der Waals surface area contributed by atoms with Gasteiger partial charge in [0, 0.05) is 25.2 Å². The van der Waals surface area contributed by atoms with Crippen LogP contribution < -0.4 is 9.04 Å². The molecule has 1 saturated carbocycles. The van der Waals surface area contributed by atoms with E-state index in [2.05, 4.69) is 24.0 Å². The van der Waals surface area contributed by atoms with Gasteiger partial charge in [-0.3, -0.25) is 9.21 Å². The third-order valence-corrected chi connectivity index (χ3v) is 10.2. The Hall–Kier alpha value is -2.87. The molecule has 1 heterocycles. The monoisotopic (exact) mass is 534 g/mol. The van der Waals surface area contributed by atoms with Gasteiger partial charge in [0.15, 0.2) is 0 Å². The van der Waals surface area contributed by atoms with E-state index in [-0.39, 0.29) is 17.0 Å². The van der Waals surface area contributed by atoms with E-state index in [0.29, 0.717) is 24.3 Å². The zero-order valence-electron chi connectivity index (χ0n) is 22.3. The summed E-state index contributed by atoms with van der Waals surface area (Å²) in [7, 11) is -2.21. The van der Waals surface area contributed by atoms with Gasteiger partial charge in [0.05, 0.1) is 17.7 Å². The quantitative estimate of drug-likeness (QED) is 0.434. The first-order chi connectivity index (χ1) is 18.3. The summed E-state index contributed by atoms with van der Waals surface area (Å²) >= 11 is 0. The number of hydrogen-bond acceptors (Lipinski definition) is 5. The molecule has 0 bridgehead atoms. The van der Waals surface area contributed by atoms with E-state index >= 15 is 0 Å². The minimum absolute atomic E-state index is 0.0293. The molecule has 1 N–H and O–H groups in total. The highest BCUT2D eigenvalue weighted by Crippen LogP contribution is 2.42. The zero-order valence-corrected chi connectivity index (χ0v) is 23.1. The first-order valence-corrected chi connectivity index (χ1v) is 15.0. The molecule has 0 radical (unpaired) electrons. The Morgan fingerprint density at radius 3 is 2.21 bits per heavy atom. The molecule has 3 aromatic carbocycles. The topological polar surface area (TPSA) is 70.1 Å². The minimum Gasteiger partial charge on any atom is -0.497 e. The number of hydrogen-bond donors (Lipinski definition) is 1. The van der Waals surface area contributed by atoms with Gasteiger partial charge >= 0.3 is 0 Å². The smallest absolute Gasteiger partial charge is 0.264 e. The number of benzene rings is 3. The zero-order chi connectivity index (χ0) is 26.8. The summed E-state index contributed by atoms with van der Waals surface area (Å²) in [4.78, 5) is 2.66. The molecule has 0 amide bonds. The highest BCUT2D eigenvalue weighted by Gasteiger charge is 2.45. The summed E-state index contributed by atoms with van der Waals surface area (Å²) in [5, 5.41) is 12.1. The third-order valence-electron chi connectivity index (χ3n) is 8.35. The fraction of sp³-hybridized carbons (Fsp3) is 0.419. The predicted molar refractivity (Wildman–Crippen MR) is 151 cm³/mol. The number of likely N-dealkylation sites (tertiary alicyclic amines) is 1. The predicted octanol–water partition coefficient (Wildman–Crippen LogP) is 5.49. The molecule has 2 fully saturated rings. The second-order valence-electron chi connectivity index (χ2n) is 10.6. The lowest BCUT2D eigenvalue weighted by atomic mass is 9.73. The van der Waals surface area contributed by atoms with Crippen molar-refractivity contribution in [3.05, 3.63) is 90.0 Å². The van der Waals surface area contributed by atoms with Crippen molar-refractivity contribution in [2.75, 3.05) is 24.5 Å². The summed E-state index contributed by atoms with van der Waals surface area (Å²) < 4.78 is 34.8. The standard InChI is InChI=1S/C31H38N2O4S/c1-24-10-6-7-13-29(24)31(34)21-9-8-14-30(31)32-22-19-26(20-23-32)33(25-11-4-3-5-12-25)38(35,36)28-17-15-27(37-2)16-18-28/h3-7,10-13,15-18,26,30,34H,8-9,14,19-23H2,1-2H3/t30-,31+/m1/s1. The molecule has 0 aromatic heterocycles. The lowest BCUT2D eigenvalue weighted by Gasteiger charge is -2.49. The summed E-state index contributed by atoms with van der Waals surface area (Å²) in [5.41, 5.74) is 1.94. The van der Waals surface area contributed by atoms with Crippen LogP contribution in [0.5, 0.6) is 5.75 Å². The van der Waals surface area contributed by atoms with Gasteiger partial charge in [-0.25, -0.2) is 8.42 Å². The number of piperidine rings is 1. The van der Waals surface area contributed by atoms with Crippen LogP contribution in [0.25, 0.3) is 0 Å². The number of aliphatic hydroxyl groups is 1. The second-order valence-corrected chi connectivity index (χ2v) is 12.4. The van der Waals surface area contributed by atoms with Crippen LogP contribution in [0.1, 0.15) is 49.7 Å². The van der Waals surface area contributed by atoms with E-state index in [4.69, 9.17) is 4.74 Å². The van der Waals surface area contributed by atoms with Crippen LogP contribution in [-0.2, 0) is 15.6 Å². The van der Waals surface area contributed by atoms with E-state index in [1.165, 1.54) is 0 Å². The molecule has 38 heavy (non-hydrogen) atoms. The van der Waals surface area contributed by atoms with E-state index < -0.39 is 15.6 Å². The maximum atomic E-state index is 14.0. The van der Waals surface area contributed by atoms with Crippen LogP contribution in [-0.4, -0.2) is 50.7 Å². The summed E-state index contributed by atoms with van der Waals surface area (Å²) in [6.07, 6.45) is 5.21. The molecule has 202 valence electrons. The number of aryl methyl sites for hydroxylation is 1. The van der Waals surface area contributed by atoms with Gasteiger partial charge in [-0.05, 0) is 80.1 Å². The Morgan fingerprint density at radius 1 is 0.895 bits per heavy atom. The second kappa shape index (κ2) is 11.1. The molecular weight excluding hydrogens is 496 g/mol. The summed E-state index contributed by atoms with van der Waals surface area (Å²) in [6, 6.07) is 24.0. The van der Waals surface area contributed by atoms with Gasteiger partial charge in [0.1, 0.15) is 11.4 Å². The van der Waals surface area contributed by atoms with Gasteiger partial charge in [0.2, 0.25) is 0 Å². The molecule has 7 heteroatoms. The van der Waals surface area contributed by atoms with E-state index in [0.717, 1.165) is 49.9 Å². The van der Waals surface area contributed by atoms with Gasteiger partial charge in [0.25, 0.3) is 10.0 Å². The fourth-order valence-electron chi connectivity index (χ4n) is 6.41. The number of nitrogens with zero attached hydrogens (tertiary/aromatic N) is 2. The van der Waals surface area contributed by atoms with Gasteiger partial charge in [-0.2, -0.15) is 0 Å². The summed E-state index contributed by atoms with van der Waals surface area (Å²) in [6.45, 7) is 3.56. The highest BCUT2D eigenvalue weighted by atomic mass is 32.2. The molecule has 6 nitrogen and oxygen atoms in total. The molecule has 1 aliphatic carbocycles. The van der Waals surface area contributed by atoms with Crippen molar-refractivity contribution in [3.8, 4) is 5.75 Å². The van der Waals surface area contributed by atoms with Crippen molar-refractivity contribution in [2.24, 2.45) is 0 Å². The van der Waals surface area contributed by atoms with E-state index in [1.54, 1.807) is 35.7 Å². The molecular formula is C31H38N2O4S. The number of anilines is 1. The van der Waals surface area contributed by atoms with Crippen molar-refractivity contribution in [2.45, 2.75) is 68.0 Å². The number of sulfonamides is 1. The number of methoxy groups -OCH3 is 1. The van der Waals surface area contributed by atoms with E-state index in [9.17, 15) is 13.5 Å². The van der Waals surface area contributed by atoms with Crippen LogP contribution in [0.15, 0.2) is 83.8 Å². The molecule has 1 saturated heterocycles. The normalized spacial score (nSPS) is 23.2. The highest BCUT2D eigenvalue weighted by molar-refractivity contribution is 7.92. The van der Waals surface area contributed by atoms with Crippen LogP contribution in [0.2, 0.25) is 0 Å². The molecule has 2 atom stereocenters.